The monoisotopic (exact) mass is 331 g/mol. The van der Waals surface area contributed by atoms with Crippen LogP contribution in [0.2, 0.25) is 0 Å². The Morgan fingerprint density at radius 2 is 1.96 bits per heavy atom. The third-order valence-electron chi connectivity index (χ3n) is 2.68. The molecular formula is C13H11N6O5-. The van der Waals surface area contributed by atoms with E-state index in [-0.39, 0.29) is 17.9 Å². The number of hydrazone groups is 1. The average Bonchev–Trinajstić information content (AvgIpc) is 2.54. The highest BCUT2D eigenvalue weighted by Gasteiger charge is 2.04. The number of nitrogens with zero attached hydrogens (tertiary/aromatic N) is 2. The van der Waals surface area contributed by atoms with Gasteiger partial charge in [-0.2, -0.15) is 5.10 Å². The number of anilines is 1. The highest BCUT2D eigenvalue weighted by Crippen LogP contribution is 2.01. The predicted molar refractivity (Wildman–Crippen MR) is 80.5 cm³/mol. The van der Waals surface area contributed by atoms with Crippen LogP contribution in [0.3, 0.4) is 0 Å². The summed E-state index contributed by atoms with van der Waals surface area (Å²) in [7, 11) is 0. The Morgan fingerprint density at radius 3 is 2.58 bits per heavy atom. The van der Waals surface area contributed by atoms with E-state index in [1.54, 1.807) is 0 Å². The van der Waals surface area contributed by atoms with Gasteiger partial charge in [-0.25, -0.2) is 15.3 Å². The Balaban J connectivity index is 1.85. The second kappa shape index (κ2) is 7.49. The van der Waals surface area contributed by atoms with Crippen molar-refractivity contribution >= 4 is 23.9 Å². The van der Waals surface area contributed by atoms with Gasteiger partial charge in [-0.1, -0.05) is 24.3 Å². The lowest BCUT2D eigenvalue weighted by atomic mass is 10.1. The zero-order valence-electron chi connectivity index (χ0n) is 12.0. The van der Waals surface area contributed by atoms with Gasteiger partial charge in [0.2, 0.25) is 5.82 Å². The molecule has 4 N–H and O–H groups in total. The van der Waals surface area contributed by atoms with Crippen LogP contribution >= 0.6 is 0 Å². The van der Waals surface area contributed by atoms with Crippen molar-refractivity contribution in [2.24, 2.45) is 5.10 Å². The molecule has 0 saturated carbocycles. The van der Waals surface area contributed by atoms with Crippen LogP contribution in [0.4, 0.5) is 5.82 Å². The third kappa shape index (κ3) is 4.62. The number of aromatic carboxylic acids is 1. The van der Waals surface area contributed by atoms with E-state index < -0.39 is 23.1 Å². The van der Waals surface area contributed by atoms with Gasteiger partial charge in [0.15, 0.2) is 0 Å². The van der Waals surface area contributed by atoms with Crippen LogP contribution in [0.5, 0.6) is 0 Å². The number of carboxylic acid groups (broad SMARTS) is 1. The number of H-pyrrole nitrogens is 2. The lowest BCUT2D eigenvalue weighted by Crippen LogP contribution is -2.31. The second-order valence-corrected chi connectivity index (χ2v) is 4.41. The zero-order valence-corrected chi connectivity index (χ0v) is 12.0. The Kier molecular flexibility index (Phi) is 5.18. The minimum Gasteiger partial charge on any atom is -0.545 e. The van der Waals surface area contributed by atoms with Crippen LogP contribution in [0, 0.1) is 0 Å². The first-order valence-corrected chi connectivity index (χ1v) is 6.52. The van der Waals surface area contributed by atoms with Crippen LogP contribution in [0.25, 0.3) is 0 Å². The molecular weight excluding hydrogens is 320 g/mol. The Bertz CT molecular complexity index is 883. The van der Waals surface area contributed by atoms with Gasteiger partial charge >= 0.3 is 5.69 Å². The fraction of sp³-hybridized carbons (Fsp3) is 0.0769. The van der Waals surface area contributed by atoms with Crippen molar-refractivity contribution in [2.75, 3.05) is 11.9 Å². The molecule has 2 rings (SSSR count). The number of rotatable bonds is 6. The molecule has 1 amide bonds. The molecule has 24 heavy (non-hydrogen) atoms. The molecule has 1 aromatic carbocycles. The minimum atomic E-state index is -1.29. The van der Waals surface area contributed by atoms with Crippen molar-refractivity contribution in [1.82, 2.24) is 20.6 Å². The fourth-order valence-corrected chi connectivity index (χ4v) is 1.56. The normalized spacial score (nSPS) is 10.5. The van der Waals surface area contributed by atoms with Gasteiger partial charge in [0.05, 0.1) is 18.7 Å². The van der Waals surface area contributed by atoms with Gasteiger partial charge in [0.25, 0.3) is 11.5 Å². The summed E-state index contributed by atoms with van der Waals surface area (Å²) in [6, 6.07) is 5.66. The number of carbonyl (C=O) groups excluding carboxylic acids is 2. The lowest BCUT2D eigenvalue weighted by molar-refractivity contribution is -0.255. The summed E-state index contributed by atoms with van der Waals surface area (Å²) in [4.78, 5) is 46.2. The van der Waals surface area contributed by atoms with E-state index in [4.69, 9.17) is 0 Å². The molecule has 0 aliphatic heterocycles. The topological polar surface area (TPSA) is 172 Å². The smallest absolute Gasteiger partial charge is 0.342 e. The van der Waals surface area contributed by atoms with Gasteiger partial charge in [-0.15, -0.1) is 5.10 Å². The first kappa shape index (κ1) is 16.6. The maximum atomic E-state index is 11.5. The number of hydrogen-bond donors (Lipinski definition) is 4. The number of carboxylic acids is 1. The minimum absolute atomic E-state index is 0.0269. The Labute approximate surface area is 133 Å². The molecule has 0 aliphatic carbocycles. The third-order valence-corrected chi connectivity index (χ3v) is 2.68. The van der Waals surface area contributed by atoms with Crippen molar-refractivity contribution in [2.45, 2.75) is 0 Å². The number of nitrogens with one attached hydrogen (secondary N) is 4. The quantitative estimate of drug-likeness (QED) is 0.331. The van der Waals surface area contributed by atoms with Crippen LogP contribution in [0.15, 0.2) is 39.0 Å². The average molecular weight is 331 g/mol. The standard InChI is InChI=1S/C13H12N6O5/c20-9(6-14-10-11(21)16-13(24)19-18-10)17-15-5-7-1-3-8(4-2-7)12(22)23/h1-5H,6H2,(H,14,18)(H,17,20)(H,22,23)(H2,16,19,21,24)/p-1. The Morgan fingerprint density at radius 1 is 1.25 bits per heavy atom. The van der Waals surface area contributed by atoms with Crippen molar-refractivity contribution < 1.29 is 14.7 Å². The fourth-order valence-electron chi connectivity index (χ4n) is 1.56. The maximum Gasteiger partial charge on any atom is 0.342 e. The molecule has 0 aliphatic rings. The van der Waals surface area contributed by atoms with Crippen LogP contribution < -0.4 is 27.1 Å². The zero-order chi connectivity index (χ0) is 17.5. The van der Waals surface area contributed by atoms with Crippen molar-refractivity contribution in [3.8, 4) is 0 Å². The first-order chi connectivity index (χ1) is 11.5. The van der Waals surface area contributed by atoms with Crippen LogP contribution in [-0.2, 0) is 4.79 Å². The molecule has 0 saturated heterocycles. The van der Waals surface area contributed by atoms with E-state index in [2.05, 4.69) is 20.9 Å². The molecule has 0 bridgehead atoms. The number of hydrogen-bond acceptors (Lipinski definition) is 8. The summed E-state index contributed by atoms with van der Waals surface area (Å²) in [5, 5.41) is 22.1. The van der Waals surface area contributed by atoms with Gasteiger partial charge in [0.1, 0.15) is 0 Å². The van der Waals surface area contributed by atoms with E-state index in [0.717, 1.165) is 0 Å². The first-order valence-electron chi connectivity index (χ1n) is 6.52. The summed E-state index contributed by atoms with van der Waals surface area (Å²) in [5.41, 5.74) is 1.26. The second-order valence-electron chi connectivity index (χ2n) is 4.41. The van der Waals surface area contributed by atoms with Crippen LogP contribution in [-0.4, -0.2) is 39.8 Å². The summed E-state index contributed by atoms with van der Waals surface area (Å²) in [6.07, 6.45) is 1.31. The molecule has 0 spiro atoms. The number of amides is 1. The number of aromatic nitrogens is 3. The van der Waals surface area contributed by atoms with E-state index >= 15 is 0 Å². The van der Waals surface area contributed by atoms with Crippen LogP contribution in [0.1, 0.15) is 15.9 Å². The summed E-state index contributed by atoms with van der Waals surface area (Å²) >= 11 is 0. The van der Waals surface area contributed by atoms with Crippen molar-refractivity contribution in [1.29, 1.82) is 0 Å². The molecule has 0 unspecified atom stereocenters. The summed E-state index contributed by atoms with van der Waals surface area (Å²) < 4.78 is 0. The van der Waals surface area contributed by atoms with Gasteiger partial charge in [-0.3, -0.25) is 14.6 Å². The number of aromatic amines is 2. The molecule has 2 aromatic rings. The number of benzene rings is 1. The maximum absolute atomic E-state index is 11.5. The molecule has 0 atom stereocenters. The largest absolute Gasteiger partial charge is 0.545 e. The Hall–Kier alpha value is -3.76. The molecule has 11 heteroatoms. The summed E-state index contributed by atoms with van der Waals surface area (Å²) in [5.74, 6) is -2.07. The lowest BCUT2D eigenvalue weighted by Gasteiger charge is -2.03. The highest BCUT2D eigenvalue weighted by atomic mass is 16.4. The predicted octanol–water partition coefficient (Wildman–Crippen LogP) is -2.62. The molecule has 0 fully saturated rings. The van der Waals surface area contributed by atoms with E-state index in [9.17, 15) is 24.3 Å². The van der Waals surface area contributed by atoms with Gasteiger partial charge in [-0.05, 0) is 11.1 Å². The highest BCUT2D eigenvalue weighted by molar-refractivity contribution is 5.88. The molecule has 1 heterocycles. The van der Waals surface area contributed by atoms with Gasteiger partial charge < -0.3 is 15.2 Å². The molecule has 124 valence electrons. The SMILES string of the molecule is O=C(CNc1n[nH]c(=O)[nH]c1=O)NN=Cc1ccc(C(=O)[O-])cc1. The molecule has 11 nitrogen and oxygen atoms in total. The summed E-state index contributed by atoms with van der Waals surface area (Å²) in [6.45, 7) is -0.302. The van der Waals surface area contributed by atoms with E-state index in [0.29, 0.717) is 5.56 Å². The van der Waals surface area contributed by atoms with E-state index in [1.165, 1.54) is 30.5 Å². The van der Waals surface area contributed by atoms with Crippen molar-refractivity contribution in [3.05, 3.63) is 56.2 Å². The van der Waals surface area contributed by atoms with Gasteiger partial charge in [0, 0.05) is 0 Å². The van der Waals surface area contributed by atoms with E-state index in [1.807, 2.05) is 10.1 Å². The molecule has 0 radical (unpaired) electrons. The number of carbonyl (C=O) groups is 2. The van der Waals surface area contributed by atoms with Crippen molar-refractivity contribution in [3.63, 3.8) is 0 Å². The molecule has 1 aromatic heterocycles.